The van der Waals surface area contributed by atoms with Crippen LogP contribution in [0.2, 0.25) is 0 Å². The first-order chi connectivity index (χ1) is 8.65. The van der Waals surface area contributed by atoms with Gasteiger partial charge in [-0.2, -0.15) is 5.26 Å². The zero-order chi connectivity index (χ0) is 14.7. The quantitative estimate of drug-likeness (QED) is 0.852. The van der Waals surface area contributed by atoms with Gasteiger partial charge in [0, 0.05) is 7.05 Å². The highest BCUT2D eigenvalue weighted by Gasteiger charge is 2.22. The van der Waals surface area contributed by atoms with Crippen LogP contribution in [0, 0.1) is 16.7 Å². The van der Waals surface area contributed by atoms with Crippen LogP contribution in [-0.2, 0) is 10.0 Å². The Balaban J connectivity index is 2.92. The van der Waals surface area contributed by atoms with E-state index in [1.807, 2.05) is 26.8 Å². The molecular weight excluding hydrogens is 260 g/mol. The Morgan fingerprint density at radius 2 is 1.95 bits per heavy atom. The highest BCUT2D eigenvalue weighted by atomic mass is 32.2. The van der Waals surface area contributed by atoms with Crippen molar-refractivity contribution in [1.29, 1.82) is 5.26 Å². The molecule has 0 aliphatic heterocycles. The fourth-order valence-corrected chi connectivity index (χ4v) is 3.08. The number of nitrogens with zero attached hydrogens (tertiary/aromatic N) is 2. The first-order valence-corrected chi connectivity index (χ1v) is 7.73. The number of hydrogen-bond acceptors (Lipinski definition) is 3. The second-order valence-corrected chi connectivity index (χ2v) is 7.88. The molecule has 0 amide bonds. The summed E-state index contributed by atoms with van der Waals surface area (Å²) in [7, 11) is -1.83. The van der Waals surface area contributed by atoms with E-state index in [0.29, 0.717) is 17.7 Å². The third-order valence-corrected chi connectivity index (χ3v) is 4.63. The maximum Gasteiger partial charge on any atom is 0.234 e. The van der Waals surface area contributed by atoms with Crippen LogP contribution in [0.3, 0.4) is 0 Å². The molecule has 104 valence electrons. The molecule has 0 unspecified atom stereocenters. The molecule has 0 aliphatic rings. The van der Waals surface area contributed by atoms with Crippen molar-refractivity contribution in [1.82, 2.24) is 0 Å². The van der Waals surface area contributed by atoms with Gasteiger partial charge in [-0.3, -0.25) is 4.31 Å². The van der Waals surface area contributed by atoms with Gasteiger partial charge in [-0.15, -0.1) is 0 Å². The van der Waals surface area contributed by atoms with Gasteiger partial charge in [0.15, 0.2) is 0 Å². The van der Waals surface area contributed by atoms with Gasteiger partial charge in [-0.05, 0) is 30.0 Å². The molecule has 1 aromatic rings. The number of anilines is 1. The van der Waals surface area contributed by atoms with E-state index in [0.717, 1.165) is 0 Å². The molecule has 0 saturated carbocycles. The molecule has 0 radical (unpaired) electrons. The van der Waals surface area contributed by atoms with Crippen LogP contribution < -0.4 is 4.31 Å². The number of sulfonamides is 1. The molecule has 0 fully saturated rings. The van der Waals surface area contributed by atoms with Gasteiger partial charge < -0.3 is 0 Å². The number of nitriles is 1. The Bertz CT molecular complexity index is 580. The predicted octanol–water partition coefficient (Wildman–Crippen LogP) is 2.76. The third kappa shape index (κ3) is 4.56. The van der Waals surface area contributed by atoms with E-state index in [4.69, 9.17) is 5.26 Å². The SMILES string of the molecule is CN(c1cccc(C#N)c1)S(=O)(=O)CCC(C)(C)C. The topological polar surface area (TPSA) is 61.2 Å². The Kier molecular flexibility index (Phi) is 4.59. The summed E-state index contributed by atoms with van der Waals surface area (Å²) in [6.07, 6.45) is 0.595. The molecule has 0 N–H and O–H groups in total. The lowest BCUT2D eigenvalue weighted by atomic mass is 9.94. The molecule has 0 spiro atoms. The van der Waals surface area contributed by atoms with E-state index in [-0.39, 0.29) is 11.2 Å². The van der Waals surface area contributed by atoms with Crippen LogP contribution in [0.5, 0.6) is 0 Å². The van der Waals surface area contributed by atoms with E-state index in [9.17, 15) is 8.42 Å². The molecule has 1 rings (SSSR count). The van der Waals surface area contributed by atoms with Gasteiger partial charge in [-0.1, -0.05) is 26.8 Å². The van der Waals surface area contributed by atoms with Crippen LogP contribution in [0.4, 0.5) is 5.69 Å². The van der Waals surface area contributed by atoms with E-state index < -0.39 is 10.0 Å². The van der Waals surface area contributed by atoms with Crippen molar-refractivity contribution in [2.75, 3.05) is 17.1 Å². The van der Waals surface area contributed by atoms with E-state index >= 15 is 0 Å². The average molecular weight is 280 g/mol. The van der Waals surface area contributed by atoms with Gasteiger partial charge >= 0.3 is 0 Å². The van der Waals surface area contributed by atoms with Crippen molar-refractivity contribution in [2.45, 2.75) is 27.2 Å². The maximum absolute atomic E-state index is 12.2. The zero-order valence-corrected chi connectivity index (χ0v) is 12.7. The second kappa shape index (κ2) is 5.62. The van der Waals surface area contributed by atoms with E-state index in [1.165, 1.54) is 11.4 Å². The zero-order valence-electron chi connectivity index (χ0n) is 11.8. The fourth-order valence-electron chi connectivity index (χ4n) is 1.50. The number of hydrogen-bond donors (Lipinski definition) is 0. The Morgan fingerprint density at radius 1 is 1.32 bits per heavy atom. The summed E-state index contributed by atoms with van der Waals surface area (Å²) in [5.41, 5.74) is 0.950. The van der Waals surface area contributed by atoms with Gasteiger partial charge in [0.05, 0.1) is 23.1 Å². The lowest BCUT2D eigenvalue weighted by Crippen LogP contribution is -2.30. The van der Waals surface area contributed by atoms with Crippen LogP contribution in [0.1, 0.15) is 32.8 Å². The fraction of sp³-hybridized carbons (Fsp3) is 0.500. The minimum atomic E-state index is -3.35. The molecule has 1 aromatic carbocycles. The number of rotatable bonds is 4. The van der Waals surface area contributed by atoms with Crippen molar-refractivity contribution >= 4 is 15.7 Å². The minimum absolute atomic E-state index is 0.0254. The Morgan fingerprint density at radius 3 is 2.47 bits per heavy atom. The van der Waals surface area contributed by atoms with Gasteiger partial charge in [0.25, 0.3) is 0 Å². The molecule has 0 aromatic heterocycles. The first-order valence-electron chi connectivity index (χ1n) is 6.12. The normalized spacial score (nSPS) is 11.9. The molecule has 19 heavy (non-hydrogen) atoms. The highest BCUT2D eigenvalue weighted by Crippen LogP contribution is 2.23. The van der Waals surface area contributed by atoms with Gasteiger partial charge in [-0.25, -0.2) is 8.42 Å². The standard InChI is InChI=1S/C14H20N2O2S/c1-14(2,3)8-9-19(17,18)16(4)13-7-5-6-12(10-13)11-15/h5-7,10H,8-9H2,1-4H3. The molecule has 0 heterocycles. The smallest absolute Gasteiger partial charge is 0.234 e. The summed E-state index contributed by atoms with van der Waals surface area (Å²) in [4.78, 5) is 0. The van der Waals surface area contributed by atoms with Crippen molar-refractivity contribution in [3.8, 4) is 6.07 Å². The predicted molar refractivity (Wildman–Crippen MR) is 77.4 cm³/mol. The van der Waals surface area contributed by atoms with Crippen LogP contribution >= 0.6 is 0 Å². The summed E-state index contributed by atoms with van der Waals surface area (Å²) in [5, 5.41) is 8.84. The second-order valence-electron chi connectivity index (χ2n) is 5.76. The van der Waals surface area contributed by atoms with Gasteiger partial charge in [0.1, 0.15) is 0 Å². The van der Waals surface area contributed by atoms with E-state index in [2.05, 4.69) is 0 Å². The molecule has 0 saturated heterocycles. The minimum Gasteiger partial charge on any atom is -0.273 e. The summed E-state index contributed by atoms with van der Waals surface area (Å²) in [6, 6.07) is 8.61. The molecule has 5 heteroatoms. The largest absolute Gasteiger partial charge is 0.273 e. The first kappa shape index (κ1) is 15.5. The van der Waals surface area contributed by atoms with Crippen molar-refractivity contribution in [2.24, 2.45) is 5.41 Å². The lowest BCUT2D eigenvalue weighted by molar-refractivity contribution is 0.397. The Labute approximate surface area is 115 Å². The summed E-state index contributed by atoms with van der Waals surface area (Å²) >= 11 is 0. The summed E-state index contributed by atoms with van der Waals surface area (Å²) in [5.74, 6) is 0.101. The van der Waals surface area contributed by atoms with Crippen LogP contribution in [0.25, 0.3) is 0 Å². The summed E-state index contributed by atoms with van der Waals surface area (Å²) in [6.45, 7) is 6.04. The van der Waals surface area contributed by atoms with Crippen LogP contribution in [-0.4, -0.2) is 21.2 Å². The lowest BCUT2D eigenvalue weighted by Gasteiger charge is -2.23. The van der Waals surface area contributed by atoms with Crippen LogP contribution in [0.15, 0.2) is 24.3 Å². The summed E-state index contributed by atoms with van der Waals surface area (Å²) < 4.78 is 25.7. The molecular formula is C14H20N2O2S. The highest BCUT2D eigenvalue weighted by molar-refractivity contribution is 7.92. The van der Waals surface area contributed by atoms with E-state index in [1.54, 1.807) is 24.3 Å². The maximum atomic E-state index is 12.2. The number of benzene rings is 1. The van der Waals surface area contributed by atoms with Gasteiger partial charge in [0.2, 0.25) is 10.0 Å². The van der Waals surface area contributed by atoms with Crippen molar-refractivity contribution < 1.29 is 8.42 Å². The molecule has 0 atom stereocenters. The Hall–Kier alpha value is -1.54. The monoisotopic (exact) mass is 280 g/mol. The average Bonchev–Trinajstić information content (AvgIpc) is 2.35. The van der Waals surface area contributed by atoms with Crippen molar-refractivity contribution in [3.05, 3.63) is 29.8 Å². The molecule has 0 bridgehead atoms. The molecule has 4 nitrogen and oxygen atoms in total. The van der Waals surface area contributed by atoms with Crippen molar-refractivity contribution in [3.63, 3.8) is 0 Å². The third-order valence-electron chi connectivity index (χ3n) is 2.87. The molecule has 0 aliphatic carbocycles.